The molecule has 1 aromatic rings. The van der Waals surface area contributed by atoms with E-state index in [1.54, 1.807) is 12.1 Å². The minimum Gasteiger partial charge on any atom is -0.497 e. The molecular formula is C20H31N3O6S. The number of nitrogens with zero attached hydrogens (tertiary/aromatic N) is 2. The molecule has 0 radical (unpaired) electrons. The average Bonchev–Trinajstić information content (AvgIpc) is 2.69. The molecule has 168 valence electrons. The summed E-state index contributed by atoms with van der Waals surface area (Å²) in [7, 11) is -0.862. The number of amides is 2. The number of hydrogen-bond acceptors (Lipinski definition) is 6. The summed E-state index contributed by atoms with van der Waals surface area (Å²) >= 11 is 0. The fourth-order valence-electron chi connectivity index (χ4n) is 3.83. The summed E-state index contributed by atoms with van der Waals surface area (Å²) in [6.45, 7) is 5.51. The van der Waals surface area contributed by atoms with Crippen LogP contribution in [0.5, 0.6) is 11.5 Å². The summed E-state index contributed by atoms with van der Waals surface area (Å²) in [4.78, 5) is 14.7. The molecule has 2 aliphatic heterocycles. The van der Waals surface area contributed by atoms with Crippen LogP contribution < -0.4 is 14.8 Å². The quantitative estimate of drug-likeness (QED) is 0.691. The third-order valence-electron chi connectivity index (χ3n) is 5.44. The summed E-state index contributed by atoms with van der Waals surface area (Å²) in [6, 6.07) is 4.40. The van der Waals surface area contributed by atoms with Crippen LogP contribution in [0, 0.1) is 0 Å². The minimum absolute atomic E-state index is 0.000738. The first kappa shape index (κ1) is 22.6. The van der Waals surface area contributed by atoms with Crippen LogP contribution >= 0.6 is 0 Å². The van der Waals surface area contributed by atoms with E-state index in [9.17, 15) is 13.2 Å². The molecule has 3 rings (SSSR count). The Bertz CT molecular complexity index is 848. The maximum Gasteiger partial charge on any atom is 0.318 e. The molecule has 0 saturated carbocycles. The zero-order chi connectivity index (χ0) is 21.9. The van der Waals surface area contributed by atoms with Crippen LogP contribution in [0.25, 0.3) is 0 Å². The van der Waals surface area contributed by atoms with E-state index in [2.05, 4.69) is 5.32 Å². The van der Waals surface area contributed by atoms with Crippen molar-refractivity contribution in [3.8, 4) is 11.5 Å². The number of methoxy groups -OCH3 is 2. The van der Waals surface area contributed by atoms with Crippen molar-refractivity contribution in [3.05, 3.63) is 18.2 Å². The van der Waals surface area contributed by atoms with E-state index in [0.717, 1.165) is 12.8 Å². The Labute approximate surface area is 178 Å². The number of rotatable bonds is 7. The Kier molecular flexibility index (Phi) is 7.10. The van der Waals surface area contributed by atoms with Gasteiger partial charge >= 0.3 is 6.03 Å². The molecule has 2 fully saturated rings. The molecule has 2 aliphatic rings. The average molecular weight is 442 g/mol. The van der Waals surface area contributed by atoms with Crippen LogP contribution in [-0.2, 0) is 14.8 Å². The predicted molar refractivity (Wildman–Crippen MR) is 111 cm³/mol. The number of carbonyl (C=O) groups excluding carboxylic acids is 1. The molecule has 0 aromatic heterocycles. The van der Waals surface area contributed by atoms with E-state index in [-0.39, 0.29) is 47.9 Å². The maximum absolute atomic E-state index is 13.2. The van der Waals surface area contributed by atoms with Gasteiger partial charge in [0.1, 0.15) is 16.4 Å². The maximum atomic E-state index is 13.2. The summed E-state index contributed by atoms with van der Waals surface area (Å²) in [6.07, 6.45) is 1.50. The van der Waals surface area contributed by atoms with E-state index < -0.39 is 10.0 Å². The van der Waals surface area contributed by atoms with Crippen molar-refractivity contribution in [2.75, 3.05) is 40.5 Å². The highest BCUT2D eigenvalue weighted by Crippen LogP contribution is 2.34. The second-order valence-electron chi connectivity index (χ2n) is 7.85. The van der Waals surface area contributed by atoms with Crippen LogP contribution in [0.1, 0.15) is 26.7 Å². The molecule has 30 heavy (non-hydrogen) atoms. The molecule has 1 N–H and O–H groups in total. The van der Waals surface area contributed by atoms with Crippen LogP contribution in [0.3, 0.4) is 0 Å². The number of benzene rings is 1. The van der Waals surface area contributed by atoms with Gasteiger partial charge in [-0.15, -0.1) is 0 Å². The van der Waals surface area contributed by atoms with Crippen molar-refractivity contribution >= 4 is 16.1 Å². The minimum atomic E-state index is -3.78. The highest BCUT2D eigenvalue weighted by molar-refractivity contribution is 7.89. The van der Waals surface area contributed by atoms with E-state index in [1.165, 1.54) is 24.6 Å². The molecule has 2 amide bonds. The van der Waals surface area contributed by atoms with Gasteiger partial charge in [0.25, 0.3) is 0 Å². The van der Waals surface area contributed by atoms with Gasteiger partial charge in [0.05, 0.1) is 20.3 Å². The third kappa shape index (κ3) is 4.65. The van der Waals surface area contributed by atoms with Crippen LogP contribution in [0.2, 0.25) is 0 Å². The highest BCUT2D eigenvalue weighted by Gasteiger charge is 2.44. The Morgan fingerprint density at radius 1 is 1.17 bits per heavy atom. The smallest absolute Gasteiger partial charge is 0.318 e. The summed E-state index contributed by atoms with van der Waals surface area (Å²) < 4.78 is 43.7. The standard InChI is InChI=1S/C20H31N3O6S/c1-14(2)21-20(24)23(15-7-9-29-10-8-15)16-12-22(13-16)30(25,26)19-11-17(27-3)5-6-18(19)28-4/h5-6,11,14-16H,7-10,12-13H2,1-4H3,(H,21,24). The Balaban J connectivity index is 1.78. The van der Waals surface area contributed by atoms with Gasteiger partial charge in [-0.3, -0.25) is 0 Å². The number of nitrogens with one attached hydrogen (secondary N) is 1. The molecule has 0 aliphatic carbocycles. The Hall–Kier alpha value is -2.04. The largest absolute Gasteiger partial charge is 0.497 e. The molecule has 10 heteroatoms. The topological polar surface area (TPSA) is 97.4 Å². The molecule has 0 spiro atoms. The number of urea groups is 1. The second kappa shape index (κ2) is 9.40. The van der Waals surface area contributed by atoms with E-state index >= 15 is 0 Å². The van der Waals surface area contributed by atoms with Gasteiger partial charge in [0.2, 0.25) is 10.0 Å². The SMILES string of the molecule is COc1ccc(OC)c(S(=O)(=O)N2CC(N(C(=O)NC(C)C)C3CCOCC3)C2)c1. The summed E-state index contributed by atoms with van der Waals surface area (Å²) in [5.41, 5.74) is 0. The second-order valence-corrected chi connectivity index (χ2v) is 9.75. The van der Waals surface area contributed by atoms with Crippen LogP contribution in [-0.4, -0.2) is 82.3 Å². The number of ether oxygens (including phenoxy) is 3. The van der Waals surface area contributed by atoms with Gasteiger partial charge in [-0.1, -0.05) is 0 Å². The zero-order valence-corrected chi connectivity index (χ0v) is 18.8. The fourth-order valence-corrected chi connectivity index (χ4v) is 5.51. The van der Waals surface area contributed by atoms with Gasteiger partial charge < -0.3 is 24.4 Å². The molecule has 2 heterocycles. The van der Waals surface area contributed by atoms with Gasteiger partial charge in [-0.05, 0) is 38.8 Å². The van der Waals surface area contributed by atoms with Gasteiger partial charge in [-0.25, -0.2) is 13.2 Å². The van der Waals surface area contributed by atoms with Gasteiger partial charge in [0.15, 0.2) is 0 Å². The summed E-state index contributed by atoms with van der Waals surface area (Å²) in [5.74, 6) is 0.699. The monoisotopic (exact) mass is 441 g/mol. The Morgan fingerprint density at radius 3 is 2.40 bits per heavy atom. The first-order valence-electron chi connectivity index (χ1n) is 10.2. The van der Waals surface area contributed by atoms with E-state index in [1.807, 2.05) is 18.7 Å². The van der Waals surface area contributed by atoms with E-state index in [4.69, 9.17) is 14.2 Å². The van der Waals surface area contributed by atoms with E-state index in [0.29, 0.717) is 19.0 Å². The molecule has 0 unspecified atom stereocenters. The van der Waals surface area contributed by atoms with Gasteiger partial charge in [0, 0.05) is 44.5 Å². The molecule has 0 bridgehead atoms. The van der Waals surface area contributed by atoms with Crippen LogP contribution in [0.4, 0.5) is 4.79 Å². The fraction of sp³-hybridized carbons (Fsp3) is 0.650. The lowest BCUT2D eigenvalue weighted by Gasteiger charge is -2.48. The summed E-state index contributed by atoms with van der Waals surface area (Å²) in [5, 5.41) is 2.95. The van der Waals surface area contributed by atoms with Crippen molar-refractivity contribution in [3.63, 3.8) is 0 Å². The molecule has 0 atom stereocenters. The van der Waals surface area contributed by atoms with Crippen LogP contribution in [0.15, 0.2) is 23.1 Å². The predicted octanol–water partition coefficient (Wildman–Crippen LogP) is 1.68. The van der Waals surface area contributed by atoms with Gasteiger partial charge in [-0.2, -0.15) is 4.31 Å². The number of carbonyl (C=O) groups is 1. The van der Waals surface area contributed by atoms with Crippen molar-refractivity contribution in [1.82, 2.24) is 14.5 Å². The third-order valence-corrected chi connectivity index (χ3v) is 7.29. The van der Waals surface area contributed by atoms with Crippen molar-refractivity contribution in [1.29, 1.82) is 0 Å². The highest BCUT2D eigenvalue weighted by atomic mass is 32.2. The van der Waals surface area contributed by atoms with Crippen molar-refractivity contribution in [2.45, 2.75) is 49.7 Å². The lowest BCUT2D eigenvalue weighted by Crippen LogP contribution is -2.66. The lowest BCUT2D eigenvalue weighted by atomic mass is 10.0. The molecule has 1 aromatic carbocycles. The van der Waals surface area contributed by atoms with Crippen molar-refractivity contribution < 1.29 is 27.4 Å². The first-order chi connectivity index (χ1) is 14.3. The lowest BCUT2D eigenvalue weighted by molar-refractivity contribution is 0.0108. The molecular weight excluding hydrogens is 410 g/mol. The Morgan fingerprint density at radius 2 is 1.83 bits per heavy atom. The number of hydrogen-bond donors (Lipinski definition) is 1. The van der Waals surface area contributed by atoms with Crippen molar-refractivity contribution in [2.24, 2.45) is 0 Å². The zero-order valence-electron chi connectivity index (χ0n) is 18.0. The molecule has 2 saturated heterocycles. The molecule has 9 nitrogen and oxygen atoms in total. The number of sulfonamides is 1. The first-order valence-corrected chi connectivity index (χ1v) is 11.6. The normalized spacial score (nSPS) is 18.7.